The molecule has 2 aromatic heterocycles. The molecule has 134 valence electrons. The highest BCUT2D eigenvalue weighted by Gasteiger charge is 2.13. The summed E-state index contributed by atoms with van der Waals surface area (Å²) in [6, 6.07) is 15.5. The van der Waals surface area contributed by atoms with Crippen LogP contribution in [0.15, 0.2) is 59.1 Å². The van der Waals surface area contributed by atoms with Crippen molar-refractivity contribution in [2.75, 3.05) is 0 Å². The number of nitrogens with zero attached hydrogens (tertiary/aromatic N) is 3. The van der Waals surface area contributed by atoms with Crippen molar-refractivity contribution in [3.63, 3.8) is 0 Å². The van der Waals surface area contributed by atoms with Gasteiger partial charge in [-0.1, -0.05) is 28.4 Å². The number of fused-ring (bicyclic) bond motifs is 1. The first-order chi connectivity index (χ1) is 13.1. The molecular formula is C19H11Cl2N3O3. The Morgan fingerprint density at radius 2 is 1.81 bits per heavy atom. The van der Waals surface area contributed by atoms with Gasteiger partial charge in [-0.05, 0) is 54.6 Å². The number of carbonyl (C=O) groups excluding carboxylic acids is 1. The molecule has 0 spiro atoms. The van der Waals surface area contributed by atoms with Crippen LogP contribution in [0.1, 0.15) is 16.2 Å². The van der Waals surface area contributed by atoms with Crippen LogP contribution in [0, 0.1) is 0 Å². The number of ether oxygens (including phenoxy) is 1. The van der Waals surface area contributed by atoms with E-state index in [4.69, 9.17) is 32.5 Å². The van der Waals surface area contributed by atoms with E-state index in [1.54, 1.807) is 54.6 Å². The number of carbonyl (C=O) groups is 1. The van der Waals surface area contributed by atoms with E-state index in [-0.39, 0.29) is 12.5 Å². The van der Waals surface area contributed by atoms with E-state index in [2.05, 4.69) is 15.1 Å². The van der Waals surface area contributed by atoms with Crippen LogP contribution in [0.25, 0.3) is 22.3 Å². The zero-order valence-electron chi connectivity index (χ0n) is 13.7. The molecule has 0 amide bonds. The number of hydrogen-bond donors (Lipinski definition) is 0. The number of aromatic nitrogens is 3. The first kappa shape index (κ1) is 17.5. The summed E-state index contributed by atoms with van der Waals surface area (Å²) in [4.78, 5) is 20.7. The van der Waals surface area contributed by atoms with Crippen LogP contribution in [0.2, 0.25) is 10.2 Å². The summed E-state index contributed by atoms with van der Waals surface area (Å²) in [7, 11) is 0. The molecule has 0 aliphatic carbocycles. The van der Waals surface area contributed by atoms with Crippen molar-refractivity contribution in [2.24, 2.45) is 0 Å². The minimum absolute atomic E-state index is 0.129. The quantitative estimate of drug-likeness (QED) is 0.356. The normalized spacial score (nSPS) is 10.9. The predicted octanol–water partition coefficient (Wildman–Crippen LogP) is 4.95. The second-order valence-electron chi connectivity index (χ2n) is 5.64. The van der Waals surface area contributed by atoms with Crippen molar-refractivity contribution in [2.45, 2.75) is 6.61 Å². The summed E-state index contributed by atoms with van der Waals surface area (Å²) in [5.41, 5.74) is 1.84. The molecule has 0 aliphatic heterocycles. The van der Waals surface area contributed by atoms with E-state index in [1.807, 2.05) is 0 Å². The largest absolute Gasteiger partial charge is 0.452 e. The zero-order valence-corrected chi connectivity index (χ0v) is 15.2. The van der Waals surface area contributed by atoms with Crippen molar-refractivity contribution in [1.29, 1.82) is 0 Å². The Morgan fingerprint density at radius 1 is 1.00 bits per heavy atom. The average Bonchev–Trinajstić information content (AvgIpc) is 3.15. The molecule has 27 heavy (non-hydrogen) atoms. The third-order valence-electron chi connectivity index (χ3n) is 3.79. The zero-order chi connectivity index (χ0) is 18.8. The predicted molar refractivity (Wildman–Crippen MR) is 101 cm³/mol. The summed E-state index contributed by atoms with van der Waals surface area (Å²) < 4.78 is 10.4. The third kappa shape index (κ3) is 3.92. The molecule has 2 heterocycles. The Hall–Kier alpha value is -2.96. The third-order valence-corrected chi connectivity index (χ3v) is 4.25. The van der Waals surface area contributed by atoms with E-state index in [1.165, 1.54) is 0 Å². The van der Waals surface area contributed by atoms with Crippen LogP contribution in [0.3, 0.4) is 0 Å². The molecule has 0 aliphatic rings. The van der Waals surface area contributed by atoms with Gasteiger partial charge in [-0.3, -0.25) is 0 Å². The van der Waals surface area contributed by atoms with Gasteiger partial charge in [0, 0.05) is 16.0 Å². The highest BCUT2D eigenvalue weighted by Crippen LogP contribution is 2.20. The smallest absolute Gasteiger partial charge is 0.338 e. The van der Waals surface area contributed by atoms with Crippen molar-refractivity contribution in [3.8, 4) is 11.4 Å². The van der Waals surface area contributed by atoms with E-state index in [9.17, 15) is 4.79 Å². The number of rotatable bonds is 4. The van der Waals surface area contributed by atoms with Gasteiger partial charge in [0.25, 0.3) is 5.89 Å². The molecule has 0 N–H and O–H groups in total. The second-order valence-corrected chi connectivity index (χ2v) is 6.46. The van der Waals surface area contributed by atoms with Crippen molar-refractivity contribution >= 4 is 40.1 Å². The molecule has 4 aromatic rings. The Bertz CT molecular complexity index is 1130. The lowest BCUT2D eigenvalue weighted by atomic mass is 10.1. The summed E-state index contributed by atoms with van der Waals surface area (Å²) in [6.07, 6.45) is 0. The lowest BCUT2D eigenvalue weighted by Gasteiger charge is -2.03. The molecule has 0 bridgehead atoms. The molecule has 4 rings (SSSR count). The number of halogens is 2. The van der Waals surface area contributed by atoms with Gasteiger partial charge in [-0.15, -0.1) is 0 Å². The van der Waals surface area contributed by atoms with Gasteiger partial charge in [0.05, 0.1) is 11.1 Å². The molecule has 0 radical (unpaired) electrons. The summed E-state index contributed by atoms with van der Waals surface area (Å²) in [6.45, 7) is -0.129. The van der Waals surface area contributed by atoms with Gasteiger partial charge in [0.1, 0.15) is 5.15 Å². The van der Waals surface area contributed by atoms with E-state index in [0.29, 0.717) is 27.1 Å². The Kier molecular flexibility index (Phi) is 4.75. The van der Waals surface area contributed by atoms with Crippen molar-refractivity contribution in [1.82, 2.24) is 15.1 Å². The fourth-order valence-electron chi connectivity index (χ4n) is 2.47. The molecule has 0 fully saturated rings. The SMILES string of the molecule is O=C(OCc1nc(-c2ccc(Cl)cc2)no1)c1ccc2nc(Cl)ccc2c1. The lowest BCUT2D eigenvalue weighted by molar-refractivity contribution is 0.0430. The summed E-state index contributed by atoms with van der Waals surface area (Å²) >= 11 is 11.7. The molecule has 6 nitrogen and oxygen atoms in total. The van der Waals surface area contributed by atoms with Crippen molar-refractivity contribution < 1.29 is 14.1 Å². The van der Waals surface area contributed by atoms with E-state index >= 15 is 0 Å². The Labute approximate surface area is 163 Å². The highest BCUT2D eigenvalue weighted by molar-refractivity contribution is 6.30. The van der Waals surface area contributed by atoms with Gasteiger partial charge in [0.2, 0.25) is 5.82 Å². The van der Waals surface area contributed by atoms with Gasteiger partial charge in [0.15, 0.2) is 6.61 Å². The molecular weight excluding hydrogens is 389 g/mol. The molecule has 8 heteroatoms. The maximum absolute atomic E-state index is 12.3. The minimum atomic E-state index is -0.502. The number of pyridine rings is 1. The Balaban J connectivity index is 1.45. The molecule has 2 aromatic carbocycles. The lowest BCUT2D eigenvalue weighted by Crippen LogP contribution is -2.05. The van der Waals surface area contributed by atoms with Crippen LogP contribution in [-0.2, 0) is 11.3 Å². The number of benzene rings is 2. The maximum Gasteiger partial charge on any atom is 0.338 e. The van der Waals surface area contributed by atoms with Crippen molar-refractivity contribution in [3.05, 3.63) is 76.2 Å². The van der Waals surface area contributed by atoms with Crippen LogP contribution in [-0.4, -0.2) is 21.1 Å². The van der Waals surface area contributed by atoms with Crippen LogP contribution >= 0.6 is 23.2 Å². The van der Waals surface area contributed by atoms with Crippen LogP contribution in [0.5, 0.6) is 0 Å². The van der Waals surface area contributed by atoms with E-state index < -0.39 is 5.97 Å². The highest BCUT2D eigenvalue weighted by atomic mass is 35.5. The monoisotopic (exact) mass is 399 g/mol. The standard InChI is InChI=1S/C19H11Cl2N3O3/c20-14-5-1-11(2-6-14)18-23-17(27-24-18)10-26-19(25)13-3-7-15-12(9-13)4-8-16(21)22-15/h1-9H,10H2. The average molecular weight is 400 g/mol. The van der Waals surface area contributed by atoms with Gasteiger partial charge < -0.3 is 9.26 Å². The minimum Gasteiger partial charge on any atom is -0.452 e. The van der Waals surface area contributed by atoms with E-state index in [0.717, 1.165) is 10.9 Å². The van der Waals surface area contributed by atoms with Crippen LogP contribution in [0.4, 0.5) is 0 Å². The summed E-state index contributed by atoms with van der Waals surface area (Å²) in [5.74, 6) is 0.0898. The topological polar surface area (TPSA) is 78.1 Å². The first-order valence-electron chi connectivity index (χ1n) is 7.90. The maximum atomic E-state index is 12.3. The fraction of sp³-hybridized carbons (Fsp3) is 0.0526. The number of esters is 1. The molecule has 0 unspecified atom stereocenters. The van der Waals surface area contributed by atoms with Gasteiger partial charge >= 0.3 is 5.97 Å². The van der Waals surface area contributed by atoms with Gasteiger partial charge in [-0.2, -0.15) is 4.98 Å². The van der Waals surface area contributed by atoms with Crippen LogP contribution < -0.4 is 0 Å². The molecule has 0 saturated carbocycles. The number of hydrogen-bond acceptors (Lipinski definition) is 6. The summed E-state index contributed by atoms with van der Waals surface area (Å²) in [5, 5.41) is 5.67. The molecule has 0 atom stereocenters. The molecule has 0 saturated heterocycles. The fourth-order valence-corrected chi connectivity index (χ4v) is 2.75. The second kappa shape index (κ2) is 7.34. The Morgan fingerprint density at radius 3 is 2.63 bits per heavy atom. The van der Waals surface area contributed by atoms with Gasteiger partial charge in [-0.25, -0.2) is 9.78 Å². The first-order valence-corrected chi connectivity index (χ1v) is 8.66.